The lowest BCUT2D eigenvalue weighted by atomic mass is 10.2. The zero-order valence-electron chi connectivity index (χ0n) is 8.87. The number of halogens is 1. The molecule has 1 amide bonds. The number of carbonyl (C=O) groups is 1. The Kier molecular flexibility index (Phi) is 3.68. The van der Waals surface area contributed by atoms with Crippen molar-refractivity contribution < 1.29 is 9.53 Å². The monoisotopic (exact) mass is 272 g/mol. The van der Waals surface area contributed by atoms with E-state index in [-0.39, 0.29) is 6.10 Å². The number of pyridine rings is 1. The molecule has 0 atom stereocenters. The maximum atomic E-state index is 11.0. The lowest BCUT2D eigenvalue weighted by Gasteiger charge is -2.12. The Morgan fingerprint density at radius 2 is 2.20 bits per heavy atom. The van der Waals surface area contributed by atoms with Gasteiger partial charge in [-0.2, -0.15) is 0 Å². The van der Waals surface area contributed by atoms with Crippen molar-refractivity contribution in [1.82, 2.24) is 4.98 Å². The highest BCUT2D eigenvalue weighted by molar-refractivity contribution is 9.10. The van der Waals surface area contributed by atoms with Crippen molar-refractivity contribution in [3.05, 3.63) is 21.8 Å². The second-order valence-corrected chi connectivity index (χ2v) is 4.29. The quantitative estimate of drug-likeness (QED) is 0.916. The molecular formula is C10H13BrN2O2. The summed E-state index contributed by atoms with van der Waals surface area (Å²) in [7, 11) is 0. The van der Waals surface area contributed by atoms with Gasteiger partial charge >= 0.3 is 0 Å². The van der Waals surface area contributed by atoms with Crippen molar-refractivity contribution in [2.75, 3.05) is 0 Å². The minimum absolute atomic E-state index is 0.0348. The fourth-order valence-electron chi connectivity index (χ4n) is 1.11. The molecule has 0 saturated carbocycles. The van der Waals surface area contributed by atoms with Gasteiger partial charge in [-0.05, 0) is 42.8 Å². The number of ether oxygens (including phenoxy) is 1. The zero-order chi connectivity index (χ0) is 11.6. The molecule has 1 heterocycles. The highest BCUT2D eigenvalue weighted by Crippen LogP contribution is 2.25. The molecule has 1 aromatic heterocycles. The lowest BCUT2D eigenvalue weighted by Crippen LogP contribution is -2.15. The average Bonchev–Trinajstić information content (AvgIpc) is 2.09. The number of amides is 1. The van der Waals surface area contributed by atoms with E-state index >= 15 is 0 Å². The Hall–Kier alpha value is -1.10. The van der Waals surface area contributed by atoms with E-state index in [0.717, 1.165) is 0 Å². The first-order valence-electron chi connectivity index (χ1n) is 4.55. The minimum Gasteiger partial charge on any atom is -0.474 e. The molecule has 82 valence electrons. The predicted octanol–water partition coefficient (Wildman–Crippen LogP) is 2.04. The van der Waals surface area contributed by atoms with Crippen LogP contribution in [0.5, 0.6) is 5.88 Å². The molecule has 15 heavy (non-hydrogen) atoms. The average molecular weight is 273 g/mol. The highest BCUT2D eigenvalue weighted by atomic mass is 79.9. The fraction of sp³-hybridized carbons (Fsp3) is 0.400. The van der Waals surface area contributed by atoms with Crippen LogP contribution in [0.15, 0.2) is 10.5 Å². The van der Waals surface area contributed by atoms with Crippen LogP contribution in [-0.4, -0.2) is 17.0 Å². The molecule has 0 aliphatic carbocycles. The van der Waals surface area contributed by atoms with Crippen LogP contribution in [0.3, 0.4) is 0 Å². The largest absolute Gasteiger partial charge is 0.474 e. The summed E-state index contributed by atoms with van der Waals surface area (Å²) >= 11 is 3.28. The van der Waals surface area contributed by atoms with Gasteiger partial charge in [0.2, 0.25) is 5.88 Å². The van der Waals surface area contributed by atoms with Crippen molar-refractivity contribution in [3.8, 4) is 5.88 Å². The number of hydrogen-bond donors (Lipinski definition) is 1. The summed E-state index contributed by atoms with van der Waals surface area (Å²) in [6.07, 6.45) is 0.0348. The van der Waals surface area contributed by atoms with E-state index in [1.807, 2.05) is 13.8 Å². The van der Waals surface area contributed by atoms with Crippen LogP contribution in [0.4, 0.5) is 0 Å². The number of nitrogens with zero attached hydrogens (tertiary/aromatic N) is 1. The topological polar surface area (TPSA) is 65.2 Å². The molecule has 0 aliphatic rings. The van der Waals surface area contributed by atoms with E-state index in [9.17, 15) is 4.79 Å². The number of primary amides is 1. The molecule has 0 spiro atoms. The molecule has 0 aliphatic heterocycles. The molecule has 1 rings (SSSR count). The van der Waals surface area contributed by atoms with Gasteiger partial charge in [0.1, 0.15) is 0 Å². The molecule has 0 aromatic carbocycles. The molecule has 0 radical (unpaired) electrons. The van der Waals surface area contributed by atoms with Gasteiger partial charge in [-0.25, -0.2) is 4.98 Å². The molecule has 5 heteroatoms. The normalized spacial score (nSPS) is 10.5. The molecule has 0 unspecified atom stereocenters. The minimum atomic E-state index is -0.489. The standard InChI is InChI=1S/C10H13BrN2O2/c1-5(2)15-10-8(11)4-7(9(12)14)6(3)13-10/h4-5H,1-3H3,(H2,12,14). The Labute approximate surface area is 97.0 Å². The summed E-state index contributed by atoms with van der Waals surface area (Å²) in [5.41, 5.74) is 6.17. The van der Waals surface area contributed by atoms with E-state index in [1.54, 1.807) is 13.0 Å². The molecule has 4 nitrogen and oxygen atoms in total. The third kappa shape index (κ3) is 2.92. The number of hydrogen-bond acceptors (Lipinski definition) is 3. The van der Waals surface area contributed by atoms with Gasteiger partial charge in [0.05, 0.1) is 21.8 Å². The first kappa shape index (κ1) is 12.0. The Morgan fingerprint density at radius 3 is 2.67 bits per heavy atom. The third-order valence-electron chi connectivity index (χ3n) is 1.75. The lowest BCUT2D eigenvalue weighted by molar-refractivity contribution is 0.0999. The smallest absolute Gasteiger partial charge is 0.250 e. The Morgan fingerprint density at radius 1 is 1.60 bits per heavy atom. The van der Waals surface area contributed by atoms with Crippen molar-refractivity contribution in [2.24, 2.45) is 5.73 Å². The SMILES string of the molecule is Cc1nc(OC(C)C)c(Br)cc1C(N)=O. The van der Waals surface area contributed by atoms with Crippen LogP contribution in [-0.2, 0) is 0 Å². The van der Waals surface area contributed by atoms with Gasteiger partial charge < -0.3 is 10.5 Å². The maximum absolute atomic E-state index is 11.0. The number of rotatable bonds is 3. The molecule has 1 aromatic rings. The third-order valence-corrected chi connectivity index (χ3v) is 2.32. The van der Waals surface area contributed by atoms with Crippen molar-refractivity contribution in [3.63, 3.8) is 0 Å². The van der Waals surface area contributed by atoms with E-state index < -0.39 is 5.91 Å². The van der Waals surface area contributed by atoms with Crippen LogP contribution in [0.25, 0.3) is 0 Å². The summed E-state index contributed by atoms with van der Waals surface area (Å²) in [5, 5.41) is 0. The van der Waals surface area contributed by atoms with Gasteiger partial charge in [-0.1, -0.05) is 0 Å². The number of aryl methyl sites for hydroxylation is 1. The molecular weight excluding hydrogens is 260 g/mol. The second kappa shape index (κ2) is 4.61. The van der Waals surface area contributed by atoms with E-state index in [4.69, 9.17) is 10.5 Å². The van der Waals surface area contributed by atoms with Crippen molar-refractivity contribution in [2.45, 2.75) is 26.9 Å². The van der Waals surface area contributed by atoms with Gasteiger partial charge in [0, 0.05) is 0 Å². The van der Waals surface area contributed by atoms with Crippen molar-refractivity contribution >= 4 is 21.8 Å². The first-order chi connectivity index (χ1) is 6.91. The predicted molar refractivity (Wildman–Crippen MR) is 61.0 cm³/mol. The van der Waals surface area contributed by atoms with Gasteiger partial charge in [0.25, 0.3) is 5.91 Å². The molecule has 0 fully saturated rings. The van der Waals surface area contributed by atoms with Crippen LogP contribution in [0.2, 0.25) is 0 Å². The van der Waals surface area contributed by atoms with E-state index in [0.29, 0.717) is 21.6 Å². The van der Waals surface area contributed by atoms with Gasteiger partial charge in [-0.15, -0.1) is 0 Å². The maximum Gasteiger partial charge on any atom is 0.250 e. The van der Waals surface area contributed by atoms with Crippen LogP contribution in [0.1, 0.15) is 29.9 Å². The number of aromatic nitrogens is 1. The molecule has 0 bridgehead atoms. The fourth-order valence-corrected chi connectivity index (χ4v) is 1.53. The first-order valence-corrected chi connectivity index (χ1v) is 5.34. The van der Waals surface area contributed by atoms with Gasteiger partial charge in [0.15, 0.2) is 0 Å². The summed E-state index contributed by atoms with van der Waals surface area (Å²) in [5.74, 6) is -0.00991. The van der Waals surface area contributed by atoms with E-state index in [2.05, 4.69) is 20.9 Å². The van der Waals surface area contributed by atoms with E-state index in [1.165, 1.54) is 0 Å². The second-order valence-electron chi connectivity index (χ2n) is 3.44. The Bertz CT molecular complexity index is 391. The summed E-state index contributed by atoms with van der Waals surface area (Å²) in [6.45, 7) is 5.54. The summed E-state index contributed by atoms with van der Waals surface area (Å²) in [4.78, 5) is 15.2. The van der Waals surface area contributed by atoms with Crippen molar-refractivity contribution in [1.29, 1.82) is 0 Å². The summed E-state index contributed by atoms with van der Waals surface area (Å²) < 4.78 is 6.09. The molecule has 0 saturated heterocycles. The van der Waals surface area contributed by atoms with Crippen LogP contribution >= 0.6 is 15.9 Å². The van der Waals surface area contributed by atoms with Crippen LogP contribution < -0.4 is 10.5 Å². The molecule has 2 N–H and O–H groups in total. The Balaban J connectivity index is 3.13. The highest BCUT2D eigenvalue weighted by Gasteiger charge is 2.12. The number of carbonyl (C=O) groups excluding carboxylic acids is 1. The zero-order valence-corrected chi connectivity index (χ0v) is 10.5. The van der Waals surface area contributed by atoms with Crippen LogP contribution in [0, 0.1) is 6.92 Å². The summed E-state index contributed by atoms with van der Waals surface area (Å²) in [6, 6.07) is 1.63. The number of nitrogens with two attached hydrogens (primary N) is 1. The van der Waals surface area contributed by atoms with Gasteiger partial charge in [-0.3, -0.25) is 4.79 Å².